The van der Waals surface area contributed by atoms with Gasteiger partial charge in [0.1, 0.15) is 5.82 Å². The van der Waals surface area contributed by atoms with Crippen molar-refractivity contribution in [2.24, 2.45) is 0 Å². The third-order valence-corrected chi connectivity index (χ3v) is 5.09. The average molecular weight is 335 g/mol. The van der Waals surface area contributed by atoms with Crippen LogP contribution in [0.3, 0.4) is 0 Å². The number of hydrogen-bond donors (Lipinski definition) is 1. The lowest BCUT2D eigenvalue weighted by atomic mass is 9.81. The van der Waals surface area contributed by atoms with Crippen LogP contribution in [0, 0.1) is 0 Å². The Morgan fingerprint density at radius 1 is 1.04 bits per heavy atom. The highest BCUT2D eigenvalue weighted by atomic mass is 19.4. The van der Waals surface area contributed by atoms with E-state index in [4.69, 9.17) is 5.10 Å². The van der Waals surface area contributed by atoms with Crippen LogP contribution in [0.25, 0.3) is 5.69 Å². The number of nitrogens with one attached hydrogen (secondary N) is 1. The fourth-order valence-corrected chi connectivity index (χ4v) is 3.52. The summed E-state index contributed by atoms with van der Waals surface area (Å²) in [6.07, 6.45) is 2.47. The monoisotopic (exact) mass is 335 g/mol. The minimum atomic E-state index is -4.31. The van der Waals surface area contributed by atoms with Crippen LogP contribution in [0.15, 0.2) is 24.3 Å². The Balaban J connectivity index is 1.75. The van der Waals surface area contributed by atoms with Crippen molar-refractivity contribution in [1.82, 2.24) is 9.78 Å². The first-order chi connectivity index (χ1) is 11.5. The molecule has 0 atom stereocenters. The minimum Gasteiger partial charge on any atom is -0.370 e. The predicted molar refractivity (Wildman–Crippen MR) is 86.6 cm³/mol. The van der Waals surface area contributed by atoms with Crippen LogP contribution < -0.4 is 5.32 Å². The summed E-state index contributed by atoms with van der Waals surface area (Å²) in [5.74, 6) is 1.48. The van der Waals surface area contributed by atoms with Crippen molar-refractivity contribution in [3.63, 3.8) is 0 Å². The first-order valence-electron chi connectivity index (χ1n) is 8.57. The van der Waals surface area contributed by atoms with Crippen LogP contribution in [-0.2, 0) is 12.6 Å². The standard InChI is InChI=1S/C18H20F3N3/c19-18(20,21)13-7-9-14(10-8-13)24-17-15(6-1-2-11-22-17)16(23-24)12-4-3-5-12/h7-10,12,22H,1-6,11H2. The Morgan fingerprint density at radius 2 is 1.79 bits per heavy atom. The number of rotatable bonds is 2. The molecule has 1 aliphatic heterocycles. The van der Waals surface area contributed by atoms with E-state index in [1.165, 1.54) is 24.1 Å². The first-order valence-corrected chi connectivity index (χ1v) is 8.57. The third kappa shape index (κ3) is 2.68. The molecule has 128 valence electrons. The van der Waals surface area contributed by atoms with Crippen LogP contribution in [-0.4, -0.2) is 16.3 Å². The van der Waals surface area contributed by atoms with Gasteiger partial charge in [0, 0.05) is 18.0 Å². The highest BCUT2D eigenvalue weighted by molar-refractivity contribution is 5.55. The molecule has 2 aromatic rings. The number of fused-ring (bicyclic) bond motifs is 1. The van der Waals surface area contributed by atoms with Crippen LogP contribution >= 0.6 is 0 Å². The maximum absolute atomic E-state index is 12.8. The molecule has 1 aliphatic carbocycles. The Kier molecular flexibility index (Phi) is 3.77. The van der Waals surface area contributed by atoms with Crippen LogP contribution in [0.4, 0.5) is 19.0 Å². The molecule has 2 aliphatic rings. The number of aromatic nitrogens is 2. The third-order valence-electron chi connectivity index (χ3n) is 5.09. The lowest BCUT2D eigenvalue weighted by Crippen LogP contribution is -2.12. The second-order valence-corrected chi connectivity index (χ2v) is 6.68. The zero-order chi connectivity index (χ0) is 16.7. The van der Waals surface area contributed by atoms with Crippen molar-refractivity contribution in [2.75, 3.05) is 11.9 Å². The molecule has 3 nitrogen and oxygen atoms in total. The molecule has 0 amide bonds. The quantitative estimate of drug-likeness (QED) is 0.845. The second kappa shape index (κ2) is 5.83. The Morgan fingerprint density at radius 3 is 2.42 bits per heavy atom. The summed E-state index contributed by atoms with van der Waals surface area (Å²) in [4.78, 5) is 0. The van der Waals surface area contributed by atoms with Gasteiger partial charge in [-0.05, 0) is 56.4 Å². The van der Waals surface area contributed by atoms with Gasteiger partial charge in [0.2, 0.25) is 0 Å². The van der Waals surface area contributed by atoms with E-state index in [0.717, 1.165) is 62.3 Å². The maximum Gasteiger partial charge on any atom is 0.416 e. The van der Waals surface area contributed by atoms with Crippen LogP contribution in [0.2, 0.25) is 0 Å². The van der Waals surface area contributed by atoms with Gasteiger partial charge in [0.25, 0.3) is 0 Å². The predicted octanol–water partition coefficient (Wildman–Crippen LogP) is 4.91. The first kappa shape index (κ1) is 15.5. The molecule has 24 heavy (non-hydrogen) atoms. The molecule has 4 rings (SSSR count). The lowest BCUT2D eigenvalue weighted by molar-refractivity contribution is -0.137. The molecule has 0 bridgehead atoms. The highest BCUT2D eigenvalue weighted by Crippen LogP contribution is 2.41. The number of halogens is 3. The summed E-state index contributed by atoms with van der Waals surface area (Å²) in [5, 5.41) is 8.23. The van der Waals surface area contributed by atoms with E-state index >= 15 is 0 Å². The molecule has 1 fully saturated rings. The van der Waals surface area contributed by atoms with Gasteiger partial charge in [-0.1, -0.05) is 6.42 Å². The average Bonchev–Trinajstić information content (AvgIpc) is 2.69. The van der Waals surface area contributed by atoms with Gasteiger partial charge < -0.3 is 5.32 Å². The normalized spacial score (nSPS) is 18.5. The van der Waals surface area contributed by atoms with Gasteiger partial charge in [-0.2, -0.15) is 18.3 Å². The van der Waals surface area contributed by atoms with Gasteiger partial charge in [0.05, 0.1) is 16.9 Å². The fourth-order valence-electron chi connectivity index (χ4n) is 3.52. The molecule has 1 saturated carbocycles. The molecule has 1 aromatic carbocycles. The number of anilines is 1. The van der Waals surface area contributed by atoms with Crippen LogP contribution in [0.1, 0.15) is 54.8 Å². The van der Waals surface area contributed by atoms with Gasteiger partial charge in [-0.3, -0.25) is 0 Å². The minimum absolute atomic E-state index is 0.509. The number of alkyl halides is 3. The Labute approximate surface area is 138 Å². The molecule has 0 radical (unpaired) electrons. The topological polar surface area (TPSA) is 29.9 Å². The maximum atomic E-state index is 12.8. The molecule has 1 N–H and O–H groups in total. The molecule has 0 saturated heterocycles. The van der Waals surface area contributed by atoms with E-state index in [2.05, 4.69) is 5.32 Å². The van der Waals surface area contributed by atoms with Crippen LogP contribution in [0.5, 0.6) is 0 Å². The van der Waals surface area contributed by atoms with Gasteiger partial charge in [0.15, 0.2) is 0 Å². The molecular formula is C18H20F3N3. The van der Waals surface area contributed by atoms with Crippen molar-refractivity contribution in [1.29, 1.82) is 0 Å². The van der Waals surface area contributed by atoms with E-state index in [9.17, 15) is 13.2 Å². The molecule has 2 heterocycles. The van der Waals surface area contributed by atoms with Crippen molar-refractivity contribution in [3.05, 3.63) is 41.1 Å². The zero-order valence-electron chi connectivity index (χ0n) is 13.4. The zero-order valence-corrected chi connectivity index (χ0v) is 13.4. The fraction of sp³-hybridized carbons (Fsp3) is 0.500. The summed E-state index contributed by atoms with van der Waals surface area (Å²) in [6, 6.07) is 5.27. The molecule has 6 heteroatoms. The smallest absolute Gasteiger partial charge is 0.370 e. The number of nitrogens with zero attached hydrogens (tertiary/aromatic N) is 2. The summed E-state index contributed by atoms with van der Waals surface area (Å²) in [5.41, 5.74) is 2.46. The number of benzene rings is 1. The largest absolute Gasteiger partial charge is 0.416 e. The van der Waals surface area contributed by atoms with E-state index in [-0.39, 0.29) is 0 Å². The van der Waals surface area contributed by atoms with Gasteiger partial charge >= 0.3 is 6.18 Å². The Hall–Kier alpha value is -1.98. The molecule has 0 spiro atoms. The number of hydrogen-bond acceptors (Lipinski definition) is 2. The highest BCUT2D eigenvalue weighted by Gasteiger charge is 2.31. The summed E-state index contributed by atoms with van der Waals surface area (Å²) in [7, 11) is 0. The molecule has 0 unspecified atom stereocenters. The summed E-state index contributed by atoms with van der Waals surface area (Å²) < 4.78 is 40.1. The van der Waals surface area contributed by atoms with Crippen molar-refractivity contribution >= 4 is 5.82 Å². The van der Waals surface area contributed by atoms with E-state index < -0.39 is 11.7 Å². The summed E-state index contributed by atoms with van der Waals surface area (Å²) in [6.45, 7) is 0.878. The Bertz CT molecular complexity index is 727. The molecular weight excluding hydrogens is 315 g/mol. The van der Waals surface area contributed by atoms with E-state index in [1.807, 2.05) is 0 Å². The SMILES string of the molecule is FC(F)(F)c1ccc(-n2nc(C3CCC3)c3c2NCCCC3)cc1. The summed E-state index contributed by atoms with van der Waals surface area (Å²) >= 11 is 0. The molecule has 1 aromatic heterocycles. The van der Waals surface area contributed by atoms with E-state index in [0.29, 0.717) is 11.6 Å². The van der Waals surface area contributed by atoms with Gasteiger partial charge in [-0.25, -0.2) is 4.68 Å². The lowest BCUT2D eigenvalue weighted by Gasteiger charge is -2.24. The van der Waals surface area contributed by atoms with Crippen molar-refractivity contribution in [3.8, 4) is 5.69 Å². The van der Waals surface area contributed by atoms with Gasteiger partial charge in [-0.15, -0.1) is 0 Å². The van der Waals surface area contributed by atoms with Crippen molar-refractivity contribution < 1.29 is 13.2 Å². The van der Waals surface area contributed by atoms with E-state index in [1.54, 1.807) is 4.68 Å². The second-order valence-electron chi connectivity index (χ2n) is 6.68. The van der Waals surface area contributed by atoms with Crippen molar-refractivity contribution in [2.45, 2.75) is 50.6 Å².